The number of nitrogens with zero attached hydrogens (tertiary/aromatic N) is 3. The molecule has 0 spiro atoms. The SMILES string of the molecule is CCC(=O)N(C)c1ccc(-c2ccc(C(=O)Cc3ccncc3)cn2)cc1C. The maximum absolute atomic E-state index is 12.4. The molecule has 0 aliphatic heterocycles. The van der Waals surface area contributed by atoms with Crippen molar-refractivity contribution in [2.45, 2.75) is 26.7 Å². The number of carbonyl (C=O) groups is 2. The Bertz CT molecular complexity index is 982. The number of amides is 1. The minimum Gasteiger partial charge on any atom is -0.315 e. The van der Waals surface area contributed by atoms with Gasteiger partial charge < -0.3 is 4.90 Å². The van der Waals surface area contributed by atoms with Gasteiger partial charge in [0.1, 0.15) is 0 Å². The lowest BCUT2D eigenvalue weighted by Gasteiger charge is -2.19. The zero-order valence-electron chi connectivity index (χ0n) is 16.3. The van der Waals surface area contributed by atoms with Gasteiger partial charge in [-0.2, -0.15) is 0 Å². The van der Waals surface area contributed by atoms with Crippen LogP contribution in [0.25, 0.3) is 11.3 Å². The Morgan fingerprint density at radius 3 is 2.39 bits per heavy atom. The van der Waals surface area contributed by atoms with Crippen molar-refractivity contribution >= 4 is 17.4 Å². The number of pyridine rings is 2. The highest BCUT2D eigenvalue weighted by Crippen LogP contribution is 2.26. The molecule has 0 N–H and O–H groups in total. The summed E-state index contributed by atoms with van der Waals surface area (Å²) in [5.41, 5.74) is 5.15. The molecule has 2 aromatic heterocycles. The highest BCUT2D eigenvalue weighted by atomic mass is 16.2. The summed E-state index contributed by atoms with van der Waals surface area (Å²) in [6.45, 7) is 3.83. The fraction of sp³-hybridized carbons (Fsp3) is 0.217. The van der Waals surface area contributed by atoms with Gasteiger partial charge in [-0.3, -0.25) is 19.6 Å². The first-order valence-electron chi connectivity index (χ1n) is 9.25. The fourth-order valence-electron chi connectivity index (χ4n) is 3.08. The van der Waals surface area contributed by atoms with Gasteiger partial charge in [0.05, 0.1) is 5.69 Å². The number of ketones is 1. The second-order valence-corrected chi connectivity index (χ2v) is 6.70. The number of hydrogen-bond acceptors (Lipinski definition) is 4. The average molecular weight is 373 g/mol. The van der Waals surface area contributed by atoms with E-state index in [1.165, 1.54) is 0 Å². The average Bonchev–Trinajstić information content (AvgIpc) is 2.73. The molecule has 0 radical (unpaired) electrons. The van der Waals surface area contributed by atoms with Crippen molar-refractivity contribution in [3.63, 3.8) is 0 Å². The number of benzene rings is 1. The standard InChI is InChI=1S/C23H23N3O2/c1-4-23(28)26(3)21-8-6-18(13-16(21)2)20-7-5-19(15-25-20)22(27)14-17-9-11-24-12-10-17/h5-13,15H,4,14H2,1-3H3. The molecule has 0 aliphatic carbocycles. The Morgan fingerprint density at radius 2 is 1.79 bits per heavy atom. The summed E-state index contributed by atoms with van der Waals surface area (Å²) in [4.78, 5) is 34.5. The van der Waals surface area contributed by atoms with Crippen molar-refractivity contribution in [3.05, 3.63) is 77.7 Å². The molecular weight excluding hydrogens is 350 g/mol. The Hall–Kier alpha value is -3.34. The van der Waals surface area contributed by atoms with Crippen molar-refractivity contribution in [2.24, 2.45) is 0 Å². The normalized spacial score (nSPS) is 10.5. The molecule has 5 nitrogen and oxygen atoms in total. The first-order valence-corrected chi connectivity index (χ1v) is 9.25. The van der Waals surface area contributed by atoms with Crippen LogP contribution in [0.15, 0.2) is 61.1 Å². The number of aromatic nitrogens is 2. The van der Waals surface area contributed by atoms with Gasteiger partial charge >= 0.3 is 0 Å². The zero-order chi connectivity index (χ0) is 20.1. The molecule has 2 heterocycles. The van der Waals surface area contributed by atoms with Crippen LogP contribution in [0, 0.1) is 6.92 Å². The Morgan fingerprint density at radius 1 is 1.04 bits per heavy atom. The molecule has 0 saturated carbocycles. The molecule has 0 bridgehead atoms. The molecule has 5 heteroatoms. The van der Waals surface area contributed by atoms with E-state index in [1.807, 2.05) is 56.3 Å². The highest BCUT2D eigenvalue weighted by Gasteiger charge is 2.13. The minimum atomic E-state index is 0.0245. The molecule has 142 valence electrons. The van der Waals surface area contributed by atoms with E-state index in [2.05, 4.69) is 9.97 Å². The van der Waals surface area contributed by atoms with Gasteiger partial charge in [0.15, 0.2) is 5.78 Å². The van der Waals surface area contributed by atoms with Crippen molar-refractivity contribution in [2.75, 3.05) is 11.9 Å². The lowest BCUT2D eigenvalue weighted by molar-refractivity contribution is -0.118. The third-order valence-electron chi connectivity index (χ3n) is 4.73. The molecule has 3 aromatic rings. The van der Waals surface area contributed by atoms with E-state index in [9.17, 15) is 9.59 Å². The monoisotopic (exact) mass is 373 g/mol. The number of anilines is 1. The lowest BCUT2D eigenvalue weighted by atomic mass is 10.0. The summed E-state index contributed by atoms with van der Waals surface area (Å²) in [5, 5.41) is 0. The van der Waals surface area contributed by atoms with E-state index < -0.39 is 0 Å². The maximum Gasteiger partial charge on any atom is 0.226 e. The van der Waals surface area contributed by atoms with Crippen LogP contribution < -0.4 is 4.90 Å². The third kappa shape index (κ3) is 4.31. The van der Waals surface area contributed by atoms with Crippen LogP contribution in [0.5, 0.6) is 0 Å². The van der Waals surface area contributed by atoms with Gasteiger partial charge in [0.2, 0.25) is 5.91 Å². The first-order chi connectivity index (χ1) is 13.5. The van der Waals surface area contributed by atoms with Gasteiger partial charge in [0.25, 0.3) is 0 Å². The van der Waals surface area contributed by atoms with Crippen LogP contribution in [0.1, 0.15) is 34.8 Å². The van der Waals surface area contributed by atoms with Gasteiger partial charge in [-0.05, 0) is 54.4 Å². The number of Topliss-reactive ketones (excluding diaryl/α,β-unsaturated/α-hetero) is 1. The molecule has 0 saturated heterocycles. The van der Waals surface area contributed by atoms with Gasteiger partial charge in [-0.1, -0.05) is 13.0 Å². The highest BCUT2D eigenvalue weighted by molar-refractivity contribution is 5.97. The van der Waals surface area contributed by atoms with Crippen LogP contribution in [-0.2, 0) is 11.2 Å². The summed E-state index contributed by atoms with van der Waals surface area (Å²) in [7, 11) is 1.79. The van der Waals surface area contributed by atoms with E-state index in [0.717, 1.165) is 28.1 Å². The van der Waals surface area contributed by atoms with Crippen molar-refractivity contribution < 1.29 is 9.59 Å². The summed E-state index contributed by atoms with van der Waals surface area (Å²) in [6.07, 6.45) is 5.78. The number of carbonyl (C=O) groups excluding carboxylic acids is 2. The van der Waals surface area contributed by atoms with E-state index in [0.29, 0.717) is 18.4 Å². The van der Waals surface area contributed by atoms with Gasteiger partial charge in [0, 0.05) is 55.3 Å². The lowest BCUT2D eigenvalue weighted by Crippen LogP contribution is -2.25. The Balaban J connectivity index is 1.77. The maximum atomic E-state index is 12.4. The van der Waals surface area contributed by atoms with E-state index in [4.69, 9.17) is 0 Å². The number of hydrogen-bond donors (Lipinski definition) is 0. The number of aryl methyl sites for hydroxylation is 1. The Kier molecular flexibility index (Phi) is 5.94. The Labute approximate surface area is 165 Å². The van der Waals surface area contributed by atoms with Crippen molar-refractivity contribution in [3.8, 4) is 11.3 Å². The predicted molar refractivity (Wildman–Crippen MR) is 110 cm³/mol. The van der Waals surface area contributed by atoms with E-state index in [1.54, 1.807) is 30.5 Å². The molecule has 0 unspecified atom stereocenters. The first kappa shape index (κ1) is 19.4. The van der Waals surface area contributed by atoms with E-state index in [-0.39, 0.29) is 11.7 Å². The largest absolute Gasteiger partial charge is 0.315 e. The predicted octanol–water partition coefficient (Wildman–Crippen LogP) is 4.25. The molecule has 28 heavy (non-hydrogen) atoms. The van der Waals surface area contributed by atoms with Crippen LogP contribution in [0.4, 0.5) is 5.69 Å². The second-order valence-electron chi connectivity index (χ2n) is 6.70. The summed E-state index contributed by atoms with van der Waals surface area (Å²) < 4.78 is 0. The van der Waals surface area contributed by atoms with Gasteiger partial charge in [-0.25, -0.2) is 0 Å². The zero-order valence-corrected chi connectivity index (χ0v) is 16.3. The second kappa shape index (κ2) is 8.57. The fourth-order valence-corrected chi connectivity index (χ4v) is 3.08. The molecule has 0 atom stereocenters. The molecule has 1 amide bonds. The molecular formula is C23H23N3O2. The molecule has 0 aliphatic rings. The molecule has 1 aromatic carbocycles. The topological polar surface area (TPSA) is 63.2 Å². The minimum absolute atomic E-state index is 0.0245. The van der Waals surface area contributed by atoms with Crippen LogP contribution in [0.2, 0.25) is 0 Å². The smallest absolute Gasteiger partial charge is 0.226 e. The summed E-state index contributed by atoms with van der Waals surface area (Å²) in [5.74, 6) is 0.0996. The molecule has 3 rings (SSSR count). The van der Waals surface area contributed by atoms with Crippen molar-refractivity contribution in [1.82, 2.24) is 9.97 Å². The van der Waals surface area contributed by atoms with Crippen LogP contribution >= 0.6 is 0 Å². The number of rotatable bonds is 6. The summed E-state index contributed by atoms with van der Waals surface area (Å²) >= 11 is 0. The quantitative estimate of drug-likeness (QED) is 0.606. The van der Waals surface area contributed by atoms with Crippen LogP contribution in [0.3, 0.4) is 0 Å². The molecule has 0 fully saturated rings. The van der Waals surface area contributed by atoms with Gasteiger partial charge in [-0.15, -0.1) is 0 Å². The van der Waals surface area contributed by atoms with Crippen molar-refractivity contribution in [1.29, 1.82) is 0 Å². The summed E-state index contributed by atoms with van der Waals surface area (Å²) in [6, 6.07) is 13.2. The third-order valence-corrected chi connectivity index (χ3v) is 4.73. The van der Waals surface area contributed by atoms with Crippen LogP contribution in [-0.4, -0.2) is 28.7 Å². The van der Waals surface area contributed by atoms with E-state index >= 15 is 0 Å².